The minimum Gasteiger partial charge on any atom is -0.457 e. The van der Waals surface area contributed by atoms with Crippen molar-refractivity contribution in [2.45, 2.75) is 78.6 Å². The normalized spacial score (nSPS) is 12.5. The molecule has 6 nitrogen and oxygen atoms in total. The van der Waals surface area contributed by atoms with Gasteiger partial charge in [-0.1, -0.05) is 184 Å². The number of rotatable bonds is 9. The van der Waals surface area contributed by atoms with Crippen LogP contribution in [0.3, 0.4) is 0 Å². The Morgan fingerprint density at radius 2 is 0.974 bits per heavy atom. The van der Waals surface area contributed by atoms with Gasteiger partial charge in [0.05, 0.1) is 44.6 Å². The zero-order valence-corrected chi connectivity index (χ0v) is 45.4. The Labute approximate surface area is 451 Å². The summed E-state index contributed by atoms with van der Waals surface area (Å²) in [5.74, 6) is 2.33. The number of anilines is 4. The number of hydrogen-bond donors (Lipinski definition) is 2. The first-order valence-electron chi connectivity index (χ1n) is 26.9. The molecule has 378 valence electrons. The summed E-state index contributed by atoms with van der Waals surface area (Å²) in [5, 5.41) is 15.1. The fourth-order valence-corrected chi connectivity index (χ4v) is 11.4. The summed E-state index contributed by atoms with van der Waals surface area (Å²) in [4.78, 5) is 5.07. The quantitative estimate of drug-likeness (QED) is 0.151. The van der Waals surface area contributed by atoms with Crippen molar-refractivity contribution < 1.29 is 4.74 Å². The number of benzene rings is 9. The van der Waals surface area contributed by atoms with Crippen molar-refractivity contribution >= 4 is 82.7 Å². The van der Waals surface area contributed by atoms with Gasteiger partial charge in [0.15, 0.2) is 0 Å². The van der Waals surface area contributed by atoms with Crippen LogP contribution in [0.1, 0.15) is 79.0 Å². The highest BCUT2D eigenvalue weighted by Crippen LogP contribution is 2.46. The lowest BCUT2D eigenvalue weighted by atomic mass is 9.78. The summed E-state index contributed by atoms with van der Waals surface area (Å²) in [6.45, 7) is 20.6. The summed E-state index contributed by atoms with van der Waals surface area (Å²) in [7, 11) is 0. The van der Waals surface area contributed by atoms with Gasteiger partial charge in [-0.15, -0.1) is 0 Å². The first-order valence-corrected chi connectivity index (χ1v) is 26.9. The van der Waals surface area contributed by atoms with Crippen LogP contribution < -0.4 is 15.4 Å². The third-order valence-electron chi connectivity index (χ3n) is 15.6. The molecular weight excluding hydrogens is 939 g/mol. The SMILES string of the molecule is CC(C)(C)c1cc(-c2cccc(-c3ccccc3)c2Nc2ccccc2Nc2cccc(Oc3ccc4c5cc6c7cccc8c9ccccc9n(c6cc5n(-c5cc(C(C)(C)C)ccn5)c4c3)c87)c2)cc(C(C)(C)C)c1. The number of aromatic nitrogens is 3. The van der Waals surface area contributed by atoms with Crippen LogP contribution in [0.15, 0.2) is 206 Å². The predicted octanol–water partition coefficient (Wildman–Crippen LogP) is 19.8. The summed E-state index contributed by atoms with van der Waals surface area (Å²) >= 11 is 0. The van der Waals surface area contributed by atoms with E-state index >= 15 is 0 Å². The average Bonchev–Trinajstić information content (AvgIpc) is 4.28. The van der Waals surface area contributed by atoms with Crippen molar-refractivity contribution in [1.82, 2.24) is 14.0 Å². The van der Waals surface area contributed by atoms with Gasteiger partial charge in [-0.2, -0.15) is 0 Å². The van der Waals surface area contributed by atoms with Crippen LogP contribution in [0.4, 0.5) is 22.7 Å². The molecule has 0 aliphatic carbocycles. The largest absolute Gasteiger partial charge is 0.457 e. The molecule has 6 heteroatoms. The van der Waals surface area contributed by atoms with E-state index in [9.17, 15) is 0 Å². The van der Waals surface area contributed by atoms with E-state index in [-0.39, 0.29) is 16.2 Å². The molecule has 13 aromatic rings. The second-order valence-electron chi connectivity index (χ2n) is 23.9. The molecule has 0 spiro atoms. The first kappa shape index (κ1) is 47.8. The van der Waals surface area contributed by atoms with Crippen LogP contribution in [-0.2, 0) is 16.2 Å². The minimum absolute atomic E-state index is 0.0283. The van der Waals surface area contributed by atoms with E-state index in [0.717, 1.165) is 73.2 Å². The lowest BCUT2D eigenvalue weighted by molar-refractivity contribution is 0.483. The third-order valence-corrected chi connectivity index (χ3v) is 15.6. The lowest BCUT2D eigenvalue weighted by Crippen LogP contribution is -2.16. The van der Waals surface area contributed by atoms with Crippen molar-refractivity contribution in [3.05, 3.63) is 223 Å². The zero-order valence-electron chi connectivity index (χ0n) is 45.4. The predicted molar refractivity (Wildman–Crippen MR) is 326 cm³/mol. The van der Waals surface area contributed by atoms with Gasteiger partial charge in [-0.25, -0.2) is 4.98 Å². The van der Waals surface area contributed by atoms with Crippen LogP contribution >= 0.6 is 0 Å². The van der Waals surface area contributed by atoms with Crippen molar-refractivity contribution in [2.75, 3.05) is 10.6 Å². The topological polar surface area (TPSA) is 55.5 Å². The van der Waals surface area contributed by atoms with Crippen molar-refractivity contribution in [3.63, 3.8) is 0 Å². The van der Waals surface area contributed by atoms with Crippen LogP contribution in [0, 0.1) is 0 Å². The Bertz CT molecular complexity index is 4390. The Kier molecular flexibility index (Phi) is 11.1. The molecule has 0 radical (unpaired) electrons. The van der Waals surface area contributed by atoms with E-state index in [1.807, 2.05) is 18.3 Å². The number of nitrogens with zero attached hydrogens (tertiary/aromatic N) is 3. The molecule has 0 aliphatic rings. The lowest BCUT2D eigenvalue weighted by Gasteiger charge is -2.27. The van der Waals surface area contributed by atoms with E-state index in [2.05, 4.69) is 270 Å². The van der Waals surface area contributed by atoms with Gasteiger partial charge in [0.25, 0.3) is 0 Å². The van der Waals surface area contributed by atoms with Gasteiger partial charge >= 0.3 is 0 Å². The van der Waals surface area contributed by atoms with Gasteiger partial charge in [-0.05, 0) is 111 Å². The van der Waals surface area contributed by atoms with Crippen molar-refractivity contribution in [2.24, 2.45) is 0 Å². The zero-order chi connectivity index (χ0) is 53.0. The number of fused-ring (bicyclic) bond motifs is 9. The molecule has 4 heterocycles. The summed E-state index contributed by atoms with van der Waals surface area (Å²) in [5.41, 5.74) is 18.0. The summed E-state index contributed by atoms with van der Waals surface area (Å²) < 4.78 is 11.6. The van der Waals surface area contributed by atoms with Crippen molar-refractivity contribution in [1.29, 1.82) is 0 Å². The molecule has 0 saturated heterocycles. The monoisotopic (exact) mass is 1000 g/mol. The van der Waals surface area contributed by atoms with Crippen LogP contribution in [0.2, 0.25) is 0 Å². The average molecular weight is 1000 g/mol. The minimum atomic E-state index is -0.0659. The van der Waals surface area contributed by atoms with Crippen LogP contribution in [-0.4, -0.2) is 14.0 Å². The number of pyridine rings is 1. The molecule has 0 bridgehead atoms. The number of para-hydroxylation sites is 5. The maximum absolute atomic E-state index is 6.86. The molecule has 0 unspecified atom stereocenters. The first-order chi connectivity index (χ1) is 37.0. The van der Waals surface area contributed by atoms with E-state index in [1.165, 1.54) is 65.7 Å². The number of nitrogens with one attached hydrogen (secondary N) is 2. The highest BCUT2D eigenvalue weighted by atomic mass is 16.5. The molecule has 77 heavy (non-hydrogen) atoms. The molecule has 0 atom stereocenters. The molecule has 0 saturated carbocycles. The molecule has 0 aliphatic heterocycles. The maximum Gasteiger partial charge on any atom is 0.137 e. The molecule has 9 aromatic carbocycles. The molecule has 0 amide bonds. The van der Waals surface area contributed by atoms with Crippen LogP contribution in [0.25, 0.3) is 88.0 Å². The molecule has 0 fully saturated rings. The number of ether oxygens (including phenoxy) is 1. The Morgan fingerprint density at radius 3 is 1.71 bits per heavy atom. The summed E-state index contributed by atoms with van der Waals surface area (Å²) in [6.07, 6.45) is 1.95. The molecular formula is C71H63N5O. The van der Waals surface area contributed by atoms with E-state index in [0.29, 0.717) is 0 Å². The number of hydrogen-bond acceptors (Lipinski definition) is 4. The van der Waals surface area contributed by atoms with E-state index in [4.69, 9.17) is 9.72 Å². The van der Waals surface area contributed by atoms with Gasteiger partial charge in [0.1, 0.15) is 17.3 Å². The smallest absolute Gasteiger partial charge is 0.137 e. The van der Waals surface area contributed by atoms with E-state index < -0.39 is 0 Å². The van der Waals surface area contributed by atoms with Gasteiger partial charge < -0.3 is 19.8 Å². The highest BCUT2D eigenvalue weighted by molar-refractivity contribution is 6.26. The Morgan fingerprint density at radius 1 is 0.390 bits per heavy atom. The van der Waals surface area contributed by atoms with Gasteiger partial charge in [-0.3, -0.25) is 4.57 Å². The molecule has 4 aromatic heterocycles. The van der Waals surface area contributed by atoms with Gasteiger partial charge in [0.2, 0.25) is 0 Å². The second-order valence-corrected chi connectivity index (χ2v) is 23.9. The summed E-state index contributed by atoms with van der Waals surface area (Å²) in [6, 6.07) is 72.3. The standard InChI is InChI=1S/C71H63N5O/c1-69(2,3)46-34-35-72-66(39-46)75-63-41-51(32-33-55(63)58-42-59-57-28-19-27-56-54-24-13-16-31-62(54)76(68(56)57)65(59)43-64(58)75)77-50-23-17-22-49(40-50)73-60-29-14-15-30-61(60)74-67-52(44-20-11-10-12-21-44)25-18-26-53(67)45-36-47(70(4,5)6)38-48(37-45)71(7,8)9/h10-43,73-74H,1-9H3. The van der Waals surface area contributed by atoms with Gasteiger partial charge in [0, 0.05) is 67.5 Å². The molecule has 13 rings (SSSR count). The highest BCUT2D eigenvalue weighted by Gasteiger charge is 2.25. The Hall–Kier alpha value is -8.87. The molecule has 2 N–H and O–H groups in total. The fourth-order valence-electron chi connectivity index (χ4n) is 11.4. The van der Waals surface area contributed by atoms with Crippen LogP contribution in [0.5, 0.6) is 11.5 Å². The fraction of sp³-hybridized carbons (Fsp3) is 0.169. The maximum atomic E-state index is 6.86. The second kappa shape index (κ2) is 17.9. The third kappa shape index (κ3) is 8.40. The van der Waals surface area contributed by atoms with E-state index in [1.54, 1.807) is 0 Å². The van der Waals surface area contributed by atoms with Crippen molar-refractivity contribution in [3.8, 4) is 39.6 Å². The Balaban J connectivity index is 0.883.